The molecule has 0 radical (unpaired) electrons. The number of ether oxygens (including phenoxy) is 1. The van der Waals surface area contributed by atoms with Gasteiger partial charge in [0.2, 0.25) is 0 Å². The van der Waals surface area contributed by atoms with Gasteiger partial charge >= 0.3 is 0 Å². The van der Waals surface area contributed by atoms with Crippen molar-refractivity contribution in [2.75, 3.05) is 7.11 Å². The van der Waals surface area contributed by atoms with Crippen LogP contribution in [0.3, 0.4) is 0 Å². The minimum atomic E-state index is -0.289. The molecule has 1 heteroatoms. The summed E-state index contributed by atoms with van der Waals surface area (Å²) in [6, 6.07) is 0. The van der Waals surface area contributed by atoms with Gasteiger partial charge in [-0.25, -0.2) is 0 Å². The number of methoxy groups -OCH3 is 1. The largest absolute Gasteiger partial charge is 0.370 e. The van der Waals surface area contributed by atoms with E-state index in [9.17, 15) is 0 Å². The summed E-state index contributed by atoms with van der Waals surface area (Å²) >= 11 is 0. The van der Waals surface area contributed by atoms with Crippen LogP contribution in [0.15, 0.2) is 49.1 Å². The second-order valence-corrected chi connectivity index (χ2v) is 2.89. The summed E-state index contributed by atoms with van der Waals surface area (Å²) in [4.78, 5) is 0. The van der Waals surface area contributed by atoms with Gasteiger partial charge in [0.15, 0.2) is 0 Å². The fourth-order valence-corrected chi connectivity index (χ4v) is 1.19. The van der Waals surface area contributed by atoms with Gasteiger partial charge in [0, 0.05) is 13.5 Å². The van der Waals surface area contributed by atoms with Crippen molar-refractivity contribution in [1.82, 2.24) is 0 Å². The second-order valence-electron chi connectivity index (χ2n) is 2.89. The highest BCUT2D eigenvalue weighted by Gasteiger charge is 2.22. The van der Waals surface area contributed by atoms with Gasteiger partial charge in [0.25, 0.3) is 0 Å². The van der Waals surface area contributed by atoms with Gasteiger partial charge in [-0.2, -0.15) is 0 Å². The third-order valence-electron chi connectivity index (χ3n) is 2.00. The van der Waals surface area contributed by atoms with E-state index in [1.54, 1.807) is 7.11 Å². The standard InChI is InChI=1S/C11H14O/c1-4-7-11(12-3)8-5-10(2)6-9-11/h4-6,8-9H,1-2,7H2,3H3. The molecule has 1 aliphatic carbocycles. The van der Waals surface area contributed by atoms with Crippen LogP contribution >= 0.6 is 0 Å². The van der Waals surface area contributed by atoms with E-state index in [1.165, 1.54) is 0 Å². The molecular weight excluding hydrogens is 148 g/mol. The molecule has 0 aromatic heterocycles. The first-order valence-electron chi connectivity index (χ1n) is 3.96. The summed E-state index contributed by atoms with van der Waals surface area (Å²) in [6.07, 6.45) is 10.6. The molecule has 0 aromatic rings. The summed E-state index contributed by atoms with van der Waals surface area (Å²) in [6.45, 7) is 7.52. The lowest BCUT2D eigenvalue weighted by molar-refractivity contribution is 0.0762. The Kier molecular flexibility index (Phi) is 2.66. The van der Waals surface area contributed by atoms with Crippen molar-refractivity contribution >= 4 is 0 Å². The van der Waals surface area contributed by atoms with Crippen molar-refractivity contribution < 1.29 is 4.74 Å². The predicted octanol–water partition coefficient (Wildman–Crippen LogP) is 2.63. The van der Waals surface area contributed by atoms with E-state index in [4.69, 9.17) is 4.74 Å². The lowest BCUT2D eigenvalue weighted by Crippen LogP contribution is -2.26. The average molecular weight is 162 g/mol. The third-order valence-corrected chi connectivity index (χ3v) is 2.00. The van der Waals surface area contributed by atoms with Gasteiger partial charge in [0.1, 0.15) is 5.60 Å². The quantitative estimate of drug-likeness (QED) is 0.580. The minimum absolute atomic E-state index is 0.289. The van der Waals surface area contributed by atoms with Gasteiger partial charge in [-0.15, -0.1) is 6.58 Å². The van der Waals surface area contributed by atoms with Crippen LogP contribution in [0.5, 0.6) is 0 Å². The first-order valence-corrected chi connectivity index (χ1v) is 3.96. The summed E-state index contributed by atoms with van der Waals surface area (Å²) in [5, 5.41) is 0. The van der Waals surface area contributed by atoms with Gasteiger partial charge in [-0.1, -0.05) is 24.8 Å². The normalized spacial score (nSPS) is 19.6. The topological polar surface area (TPSA) is 9.23 Å². The zero-order valence-electron chi connectivity index (χ0n) is 7.42. The Hall–Kier alpha value is -1.08. The molecule has 0 amide bonds. The van der Waals surface area contributed by atoms with Crippen LogP contribution in [0, 0.1) is 0 Å². The van der Waals surface area contributed by atoms with Crippen molar-refractivity contribution in [3.05, 3.63) is 49.1 Å². The molecular formula is C11H14O. The van der Waals surface area contributed by atoms with Crippen molar-refractivity contribution in [3.8, 4) is 0 Å². The Morgan fingerprint density at radius 3 is 2.50 bits per heavy atom. The van der Waals surface area contributed by atoms with Crippen LogP contribution in [-0.2, 0) is 4.74 Å². The number of hydrogen-bond donors (Lipinski definition) is 0. The lowest BCUT2D eigenvalue weighted by atomic mass is 9.93. The molecule has 1 rings (SSSR count). The smallest absolute Gasteiger partial charge is 0.108 e. The maximum atomic E-state index is 5.38. The molecule has 1 aliphatic rings. The molecule has 0 aromatic carbocycles. The first-order chi connectivity index (χ1) is 5.72. The SMILES string of the molecule is C=CCC1(OC)C=CC(=C)C=C1. The molecule has 0 saturated heterocycles. The molecule has 0 saturated carbocycles. The van der Waals surface area contributed by atoms with E-state index in [2.05, 4.69) is 13.2 Å². The van der Waals surface area contributed by atoms with E-state index in [0.717, 1.165) is 12.0 Å². The van der Waals surface area contributed by atoms with Gasteiger partial charge in [0.05, 0.1) is 0 Å². The fourth-order valence-electron chi connectivity index (χ4n) is 1.19. The Labute approximate surface area is 73.7 Å². The van der Waals surface area contributed by atoms with Crippen LogP contribution in [0.2, 0.25) is 0 Å². The van der Waals surface area contributed by atoms with Crippen molar-refractivity contribution in [1.29, 1.82) is 0 Å². The first kappa shape index (κ1) is 9.01. The number of hydrogen-bond acceptors (Lipinski definition) is 1. The predicted molar refractivity (Wildman–Crippen MR) is 52.0 cm³/mol. The van der Waals surface area contributed by atoms with E-state index in [0.29, 0.717) is 0 Å². The second kappa shape index (κ2) is 3.55. The summed E-state index contributed by atoms with van der Waals surface area (Å²) < 4.78 is 5.38. The maximum Gasteiger partial charge on any atom is 0.108 e. The molecule has 12 heavy (non-hydrogen) atoms. The van der Waals surface area contributed by atoms with Crippen molar-refractivity contribution in [2.24, 2.45) is 0 Å². The Morgan fingerprint density at radius 1 is 1.50 bits per heavy atom. The lowest BCUT2D eigenvalue weighted by Gasteiger charge is -2.26. The van der Waals surface area contributed by atoms with Crippen LogP contribution in [0.25, 0.3) is 0 Å². The molecule has 0 aliphatic heterocycles. The van der Waals surface area contributed by atoms with Crippen LogP contribution in [0.4, 0.5) is 0 Å². The molecule has 0 N–H and O–H groups in total. The summed E-state index contributed by atoms with van der Waals surface area (Å²) in [5.74, 6) is 0. The van der Waals surface area contributed by atoms with E-state index in [1.807, 2.05) is 30.4 Å². The Balaban J connectivity index is 2.82. The molecule has 1 nitrogen and oxygen atoms in total. The van der Waals surface area contributed by atoms with E-state index < -0.39 is 0 Å². The molecule has 0 bridgehead atoms. The van der Waals surface area contributed by atoms with Gasteiger partial charge < -0.3 is 4.74 Å². The zero-order chi connectivity index (χ0) is 9.03. The van der Waals surface area contributed by atoms with Gasteiger partial charge in [-0.3, -0.25) is 0 Å². The zero-order valence-corrected chi connectivity index (χ0v) is 7.42. The van der Waals surface area contributed by atoms with Crippen LogP contribution < -0.4 is 0 Å². The molecule has 0 spiro atoms. The Morgan fingerprint density at radius 2 is 2.08 bits per heavy atom. The van der Waals surface area contributed by atoms with Crippen LogP contribution in [-0.4, -0.2) is 12.7 Å². The summed E-state index contributed by atoms with van der Waals surface area (Å²) in [5.41, 5.74) is 0.717. The van der Waals surface area contributed by atoms with Crippen molar-refractivity contribution in [3.63, 3.8) is 0 Å². The Bertz CT molecular complexity index is 230. The molecule has 64 valence electrons. The minimum Gasteiger partial charge on any atom is -0.370 e. The highest BCUT2D eigenvalue weighted by atomic mass is 16.5. The molecule has 0 heterocycles. The highest BCUT2D eigenvalue weighted by molar-refractivity contribution is 5.38. The molecule has 0 atom stereocenters. The average Bonchev–Trinajstić information content (AvgIpc) is 2.10. The monoisotopic (exact) mass is 162 g/mol. The number of allylic oxidation sites excluding steroid dienone is 3. The summed E-state index contributed by atoms with van der Waals surface area (Å²) in [7, 11) is 1.70. The molecule has 0 fully saturated rings. The third kappa shape index (κ3) is 1.74. The van der Waals surface area contributed by atoms with Crippen molar-refractivity contribution in [2.45, 2.75) is 12.0 Å². The maximum absolute atomic E-state index is 5.38. The van der Waals surface area contributed by atoms with E-state index in [-0.39, 0.29) is 5.60 Å². The fraction of sp³-hybridized carbons (Fsp3) is 0.273. The van der Waals surface area contributed by atoms with E-state index >= 15 is 0 Å². The van der Waals surface area contributed by atoms with Crippen LogP contribution in [0.1, 0.15) is 6.42 Å². The van der Waals surface area contributed by atoms with Gasteiger partial charge in [-0.05, 0) is 17.7 Å². The highest BCUT2D eigenvalue weighted by Crippen LogP contribution is 2.24. The number of rotatable bonds is 3. The molecule has 0 unspecified atom stereocenters.